The molecule has 2 aliphatic rings. The molecule has 0 atom stereocenters. The van der Waals surface area contributed by atoms with Crippen LogP contribution < -0.4 is 14.4 Å². The lowest BCUT2D eigenvalue weighted by molar-refractivity contribution is -0.129. The Hall–Kier alpha value is -3.58. The summed E-state index contributed by atoms with van der Waals surface area (Å²) in [6, 6.07) is 12.9. The minimum absolute atomic E-state index is 0.0527. The summed E-state index contributed by atoms with van der Waals surface area (Å²) in [5, 5.41) is 0. The molecule has 160 valence electrons. The fourth-order valence-electron chi connectivity index (χ4n) is 3.52. The van der Waals surface area contributed by atoms with E-state index in [1.54, 1.807) is 48.3 Å². The van der Waals surface area contributed by atoms with E-state index in [9.17, 15) is 9.59 Å². The number of anilines is 1. The van der Waals surface area contributed by atoms with E-state index in [1.807, 2.05) is 36.4 Å². The zero-order valence-corrected chi connectivity index (χ0v) is 17.5. The maximum atomic E-state index is 12.8. The van der Waals surface area contributed by atoms with Gasteiger partial charge in [0.2, 0.25) is 5.91 Å². The number of morpholine rings is 1. The van der Waals surface area contributed by atoms with Crippen LogP contribution in [0.15, 0.2) is 54.3 Å². The van der Waals surface area contributed by atoms with Crippen molar-refractivity contribution >= 4 is 29.7 Å². The number of nitrogens with zero attached hydrogens (tertiary/aromatic N) is 2. The second-order valence-corrected chi connectivity index (χ2v) is 7.21. The summed E-state index contributed by atoms with van der Waals surface area (Å²) in [5.74, 6) is 1.11. The van der Waals surface area contributed by atoms with Crippen molar-refractivity contribution in [2.75, 3.05) is 45.4 Å². The lowest BCUT2D eigenvalue weighted by Crippen LogP contribution is -2.39. The zero-order chi connectivity index (χ0) is 21.8. The van der Waals surface area contributed by atoms with Crippen molar-refractivity contribution in [3.8, 4) is 11.5 Å². The van der Waals surface area contributed by atoms with E-state index >= 15 is 0 Å². The van der Waals surface area contributed by atoms with Crippen LogP contribution in [0, 0.1) is 0 Å². The predicted octanol–water partition coefficient (Wildman–Crippen LogP) is 2.96. The molecule has 2 aromatic carbocycles. The highest BCUT2D eigenvalue weighted by Crippen LogP contribution is 2.35. The summed E-state index contributed by atoms with van der Waals surface area (Å²) in [6.45, 7) is 2.31. The Labute approximate surface area is 181 Å². The van der Waals surface area contributed by atoms with Crippen LogP contribution in [-0.2, 0) is 14.3 Å². The molecule has 2 aromatic rings. The van der Waals surface area contributed by atoms with E-state index in [4.69, 9.17) is 14.2 Å². The first-order valence-electron chi connectivity index (χ1n) is 10.1. The molecule has 0 spiro atoms. The molecule has 1 saturated heterocycles. The highest BCUT2D eigenvalue weighted by atomic mass is 16.5. The van der Waals surface area contributed by atoms with E-state index in [-0.39, 0.29) is 17.6 Å². The molecule has 1 fully saturated rings. The quantitative estimate of drug-likeness (QED) is 0.712. The number of fused-ring (bicyclic) bond motifs is 1. The SMILES string of the molecule is COc1ccc(/C=C/C(=O)N2CCOCC2)cc1/C=C1\Oc2ccccc2N(C)C1=O. The Bertz CT molecular complexity index is 1050. The number of para-hydroxylation sites is 2. The molecule has 0 radical (unpaired) electrons. The first-order valence-corrected chi connectivity index (χ1v) is 10.1. The van der Waals surface area contributed by atoms with Crippen LogP contribution in [0.25, 0.3) is 12.2 Å². The normalized spacial score (nSPS) is 17.6. The number of carbonyl (C=O) groups excluding carboxylic acids is 2. The number of hydrogen-bond donors (Lipinski definition) is 0. The number of carbonyl (C=O) groups is 2. The fraction of sp³-hybridized carbons (Fsp3) is 0.250. The lowest BCUT2D eigenvalue weighted by Gasteiger charge is -2.27. The van der Waals surface area contributed by atoms with Crippen molar-refractivity contribution in [3.05, 3.63) is 65.4 Å². The summed E-state index contributed by atoms with van der Waals surface area (Å²) < 4.78 is 16.6. The molecular weight excluding hydrogens is 396 g/mol. The first-order chi connectivity index (χ1) is 15.1. The molecule has 0 saturated carbocycles. The van der Waals surface area contributed by atoms with Gasteiger partial charge in [0.25, 0.3) is 5.91 Å². The minimum Gasteiger partial charge on any atom is -0.496 e. The number of likely N-dealkylation sites (N-methyl/N-ethyl adjacent to an activating group) is 1. The van der Waals surface area contributed by atoms with Gasteiger partial charge in [-0.3, -0.25) is 9.59 Å². The van der Waals surface area contributed by atoms with Gasteiger partial charge >= 0.3 is 0 Å². The Kier molecular flexibility index (Phi) is 6.04. The average Bonchev–Trinajstić information content (AvgIpc) is 2.81. The molecule has 0 unspecified atom stereocenters. The summed E-state index contributed by atoms with van der Waals surface area (Å²) in [5.41, 5.74) is 2.21. The molecule has 0 bridgehead atoms. The van der Waals surface area contributed by atoms with Gasteiger partial charge in [0, 0.05) is 31.8 Å². The number of methoxy groups -OCH3 is 1. The third kappa shape index (κ3) is 4.46. The molecule has 2 aliphatic heterocycles. The summed E-state index contributed by atoms with van der Waals surface area (Å²) >= 11 is 0. The van der Waals surface area contributed by atoms with E-state index in [1.165, 1.54) is 0 Å². The molecule has 2 amide bonds. The maximum Gasteiger partial charge on any atom is 0.293 e. The van der Waals surface area contributed by atoms with Crippen molar-refractivity contribution in [1.82, 2.24) is 4.90 Å². The molecule has 0 N–H and O–H groups in total. The van der Waals surface area contributed by atoms with Gasteiger partial charge in [-0.2, -0.15) is 0 Å². The fourth-order valence-corrected chi connectivity index (χ4v) is 3.52. The Balaban J connectivity index is 1.60. The largest absolute Gasteiger partial charge is 0.496 e. The molecule has 0 aliphatic carbocycles. The average molecular weight is 420 g/mol. The standard InChI is InChI=1S/C24H24N2O5/c1-25-19-5-3-4-6-21(19)31-22(24(25)28)16-18-15-17(7-9-20(18)29-2)8-10-23(27)26-11-13-30-14-12-26/h3-10,15-16H,11-14H2,1-2H3/b10-8+,22-16-. The second kappa shape index (κ2) is 9.06. The van der Waals surface area contributed by atoms with E-state index in [0.29, 0.717) is 43.4 Å². The van der Waals surface area contributed by atoms with Crippen molar-refractivity contribution < 1.29 is 23.8 Å². The Morgan fingerprint density at radius 3 is 2.68 bits per heavy atom. The Morgan fingerprint density at radius 1 is 1.13 bits per heavy atom. The van der Waals surface area contributed by atoms with Gasteiger partial charge in [0.1, 0.15) is 5.75 Å². The van der Waals surface area contributed by atoms with Crippen LogP contribution >= 0.6 is 0 Å². The van der Waals surface area contributed by atoms with Gasteiger partial charge in [0.05, 0.1) is 26.0 Å². The molecule has 7 heteroatoms. The molecular formula is C24H24N2O5. The zero-order valence-electron chi connectivity index (χ0n) is 17.5. The molecule has 7 nitrogen and oxygen atoms in total. The maximum absolute atomic E-state index is 12.8. The number of hydrogen-bond acceptors (Lipinski definition) is 5. The van der Waals surface area contributed by atoms with Crippen LogP contribution in [0.3, 0.4) is 0 Å². The summed E-state index contributed by atoms with van der Waals surface area (Å²) in [7, 11) is 3.28. The molecule has 31 heavy (non-hydrogen) atoms. The lowest BCUT2D eigenvalue weighted by atomic mass is 10.1. The molecule has 4 rings (SSSR count). The van der Waals surface area contributed by atoms with Crippen LogP contribution in [-0.4, -0.2) is 57.2 Å². The van der Waals surface area contributed by atoms with Crippen LogP contribution in [0.4, 0.5) is 5.69 Å². The number of amides is 2. The molecule has 2 heterocycles. The highest BCUT2D eigenvalue weighted by Gasteiger charge is 2.27. The third-order valence-electron chi connectivity index (χ3n) is 5.24. The topological polar surface area (TPSA) is 68.3 Å². The van der Waals surface area contributed by atoms with Gasteiger partial charge < -0.3 is 24.0 Å². The van der Waals surface area contributed by atoms with Crippen LogP contribution in [0.2, 0.25) is 0 Å². The van der Waals surface area contributed by atoms with Gasteiger partial charge in [-0.15, -0.1) is 0 Å². The van der Waals surface area contributed by atoms with Crippen molar-refractivity contribution in [1.29, 1.82) is 0 Å². The number of benzene rings is 2. The summed E-state index contributed by atoms with van der Waals surface area (Å²) in [4.78, 5) is 28.5. The first kappa shape index (κ1) is 20.7. The summed E-state index contributed by atoms with van der Waals surface area (Å²) in [6.07, 6.45) is 4.97. The minimum atomic E-state index is -0.246. The number of rotatable bonds is 4. The Morgan fingerprint density at radius 2 is 1.90 bits per heavy atom. The smallest absolute Gasteiger partial charge is 0.293 e. The van der Waals surface area contributed by atoms with Gasteiger partial charge in [-0.1, -0.05) is 18.2 Å². The van der Waals surface area contributed by atoms with E-state index in [0.717, 1.165) is 11.3 Å². The van der Waals surface area contributed by atoms with Crippen molar-refractivity contribution in [3.63, 3.8) is 0 Å². The van der Waals surface area contributed by atoms with Crippen molar-refractivity contribution in [2.24, 2.45) is 0 Å². The second-order valence-electron chi connectivity index (χ2n) is 7.21. The monoisotopic (exact) mass is 420 g/mol. The highest BCUT2D eigenvalue weighted by molar-refractivity contribution is 6.09. The predicted molar refractivity (Wildman–Crippen MR) is 118 cm³/mol. The van der Waals surface area contributed by atoms with E-state index in [2.05, 4.69) is 0 Å². The van der Waals surface area contributed by atoms with Crippen LogP contribution in [0.1, 0.15) is 11.1 Å². The molecule has 0 aromatic heterocycles. The number of ether oxygens (including phenoxy) is 3. The van der Waals surface area contributed by atoms with Crippen molar-refractivity contribution in [2.45, 2.75) is 0 Å². The van der Waals surface area contributed by atoms with Gasteiger partial charge in [-0.25, -0.2) is 0 Å². The van der Waals surface area contributed by atoms with Gasteiger partial charge in [0.15, 0.2) is 11.5 Å². The van der Waals surface area contributed by atoms with Gasteiger partial charge in [-0.05, 0) is 42.0 Å². The van der Waals surface area contributed by atoms with Crippen LogP contribution in [0.5, 0.6) is 11.5 Å². The van der Waals surface area contributed by atoms with E-state index < -0.39 is 0 Å². The third-order valence-corrected chi connectivity index (χ3v) is 5.24.